The summed E-state index contributed by atoms with van der Waals surface area (Å²) in [5.74, 6) is 0.733. The van der Waals surface area contributed by atoms with Crippen molar-refractivity contribution in [2.75, 3.05) is 5.75 Å². The first-order chi connectivity index (χ1) is 10.2. The Balaban J connectivity index is 1.83. The molecule has 3 heterocycles. The lowest BCUT2D eigenvalue weighted by atomic mass is 9.69. The summed E-state index contributed by atoms with van der Waals surface area (Å²) in [7, 11) is 0. The summed E-state index contributed by atoms with van der Waals surface area (Å²) < 4.78 is 2.01. The van der Waals surface area contributed by atoms with Crippen molar-refractivity contribution in [3.63, 3.8) is 0 Å². The molecule has 21 heavy (non-hydrogen) atoms. The minimum Gasteiger partial charge on any atom is -0.391 e. The third-order valence-corrected chi connectivity index (χ3v) is 6.37. The van der Waals surface area contributed by atoms with Gasteiger partial charge in [-0.15, -0.1) is 11.8 Å². The Morgan fingerprint density at radius 1 is 1.19 bits per heavy atom. The van der Waals surface area contributed by atoms with Crippen molar-refractivity contribution >= 4 is 17.5 Å². The molecule has 3 nitrogen and oxygen atoms in total. The van der Waals surface area contributed by atoms with E-state index in [1.54, 1.807) is 11.8 Å². The number of hydrogen-bond donors (Lipinski definition) is 1. The number of aliphatic hydroxyl groups is 1. The van der Waals surface area contributed by atoms with E-state index >= 15 is 0 Å². The van der Waals surface area contributed by atoms with Crippen LogP contribution in [0.5, 0.6) is 0 Å². The maximum Gasteiger partial charge on any atom is 0.189 e. The number of fused-ring (bicyclic) bond motifs is 1. The van der Waals surface area contributed by atoms with Crippen LogP contribution in [0.1, 0.15) is 27.7 Å². The van der Waals surface area contributed by atoms with Gasteiger partial charge in [-0.25, -0.2) is 0 Å². The average molecular weight is 299 g/mol. The molecule has 0 unspecified atom stereocenters. The summed E-state index contributed by atoms with van der Waals surface area (Å²) in [6.07, 6.45) is 2.09. The first-order valence-electron chi connectivity index (χ1n) is 7.28. The second-order valence-electron chi connectivity index (χ2n) is 5.85. The van der Waals surface area contributed by atoms with E-state index in [0.717, 1.165) is 17.8 Å². The molecule has 1 fully saturated rings. The first-order valence-corrected chi connectivity index (χ1v) is 8.33. The fraction of sp³-hybridized carbons (Fsp3) is 0.353. The Labute approximate surface area is 128 Å². The fourth-order valence-corrected chi connectivity index (χ4v) is 5.42. The summed E-state index contributed by atoms with van der Waals surface area (Å²) in [4.78, 5) is 13.1. The van der Waals surface area contributed by atoms with Crippen LogP contribution in [-0.4, -0.2) is 27.3 Å². The zero-order valence-electron chi connectivity index (χ0n) is 11.6. The number of ketones is 1. The normalized spacial score (nSPS) is 31.6. The zero-order chi connectivity index (χ0) is 14.4. The Hall–Kier alpha value is -1.52. The molecule has 1 aromatic heterocycles. The number of carbonyl (C=O) groups excluding carboxylic acids is 1. The van der Waals surface area contributed by atoms with Crippen LogP contribution < -0.4 is 0 Å². The lowest BCUT2D eigenvalue weighted by Crippen LogP contribution is -2.47. The van der Waals surface area contributed by atoms with E-state index < -0.39 is 11.5 Å². The Kier molecular flexibility index (Phi) is 2.98. The minimum atomic E-state index is -0.666. The SMILES string of the molecule is O=C1c2cccn2CC[C@]12[C@@H](c1ccccc1)SC[C@@H]2O. The number of Topliss-reactive ketones (excluding diaryl/α,β-unsaturated/α-hetero) is 1. The molecule has 0 radical (unpaired) electrons. The van der Waals surface area contributed by atoms with E-state index in [2.05, 4.69) is 12.1 Å². The molecule has 2 aromatic rings. The summed E-state index contributed by atoms with van der Waals surface area (Å²) in [6, 6.07) is 13.9. The van der Waals surface area contributed by atoms with Crippen molar-refractivity contribution in [3.8, 4) is 0 Å². The van der Waals surface area contributed by atoms with E-state index in [1.807, 2.05) is 41.1 Å². The monoisotopic (exact) mass is 299 g/mol. The Morgan fingerprint density at radius 2 is 2.00 bits per heavy atom. The van der Waals surface area contributed by atoms with Crippen molar-refractivity contribution in [2.45, 2.75) is 24.3 Å². The molecule has 0 bridgehead atoms. The highest BCUT2D eigenvalue weighted by molar-refractivity contribution is 7.99. The minimum absolute atomic E-state index is 0.0462. The van der Waals surface area contributed by atoms with Gasteiger partial charge in [0.15, 0.2) is 5.78 Å². The van der Waals surface area contributed by atoms with Gasteiger partial charge in [-0.2, -0.15) is 0 Å². The molecule has 1 N–H and O–H groups in total. The van der Waals surface area contributed by atoms with Gasteiger partial charge in [0, 0.05) is 23.7 Å². The molecule has 0 amide bonds. The van der Waals surface area contributed by atoms with Gasteiger partial charge in [0.2, 0.25) is 0 Å². The third kappa shape index (κ3) is 1.75. The molecule has 0 saturated carbocycles. The van der Waals surface area contributed by atoms with Crippen LogP contribution in [0, 0.1) is 5.41 Å². The maximum absolute atomic E-state index is 13.1. The summed E-state index contributed by atoms with van der Waals surface area (Å²) >= 11 is 1.71. The van der Waals surface area contributed by atoms with Gasteiger partial charge in [-0.1, -0.05) is 30.3 Å². The standard InChI is InChI=1S/C17H17NO2S/c19-14-11-21-16(12-5-2-1-3-6-12)17(14)8-10-18-9-4-7-13(18)15(17)20/h1-7,9,14,16,19H,8,10-11H2/t14-,16+,17+/m0/s1. The highest BCUT2D eigenvalue weighted by atomic mass is 32.2. The zero-order valence-corrected chi connectivity index (χ0v) is 12.4. The summed E-state index contributed by atoms with van der Waals surface area (Å²) in [5.41, 5.74) is 1.22. The van der Waals surface area contributed by atoms with E-state index in [0.29, 0.717) is 12.2 Å². The van der Waals surface area contributed by atoms with Crippen LogP contribution >= 0.6 is 11.8 Å². The number of aryl methyl sites for hydroxylation is 1. The number of nitrogens with zero attached hydrogens (tertiary/aromatic N) is 1. The lowest BCUT2D eigenvalue weighted by Gasteiger charge is -2.39. The van der Waals surface area contributed by atoms with Crippen molar-refractivity contribution in [3.05, 3.63) is 59.9 Å². The molecule has 2 aliphatic heterocycles. The Morgan fingerprint density at radius 3 is 2.81 bits per heavy atom. The van der Waals surface area contributed by atoms with E-state index in [4.69, 9.17) is 0 Å². The Bertz CT molecular complexity index is 681. The molecule has 108 valence electrons. The van der Waals surface area contributed by atoms with Gasteiger partial charge >= 0.3 is 0 Å². The predicted octanol–water partition coefficient (Wildman–Crippen LogP) is 2.91. The van der Waals surface area contributed by atoms with Gasteiger partial charge in [-0.3, -0.25) is 4.79 Å². The van der Waals surface area contributed by atoms with Gasteiger partial charge < -0.3 is 9.67 Å². The molecule has 4 rings (SSSR count). The van der Waals surface area contributed by atoms with E-state index in [1.165, 1.54) is 0 Å². The van der Waals surface area contributed by atoms with Gasteiger partial charge in [0.25, 0.3) is 0 Å². The highest BCUT2D eigenvalue weighted by Gasteiger charge is 2.57. The number of rotatable bonds is 1. The van der Waals surface area contributed by atoms with Gasteiger partial charge in [0.1, 0.15) is 0 Å². The smallest absolute Gasteiger partial charge is 0.189 e. The van der Waals surface area contributed by atoms with Crippen LogP contribution in [0.3, 0.4) is 0 Å². The highest BCUT2D eigenvalue weighted by Crippen LogP contribution is 2.58. The lowest BCUT2D eigenvalue weighted by molar-refractivity contribution is 0.0273. The van der Waals surface area contributed by atoms with Crippen LogP contribution in [0.25, 0.3) is 0 Å². The summed E-state index contributed by atoms with van der Waals surface area (Å²) in [6.45, 7) is 0.801. The molecular weight excluding hydrogens is 282 g/mol. The molecular formula is C17H17NO2S. The quantitative estimate of drug-likeness (QED) is 0.880. The van der Waals surface area contributed by atoms with Gasteiger partial charge in [0.05, 0.1) is 17.2 Å². The number of benzene rings is 1. The molecule has 2 aliphatic rings. The van der Waals surface area contributed by atoms with Crippen LogP contribution in [0.4, 0.5) is 0 Å². The second kappa shape index (κ2) is 4.75. The van der Waals surface area contributed by atoms with Crippen molar-refractivity contribution < 1.29 is 9.90 Å². The van der Waals surface area contributed by atoms with Crippen LogP contribution in [0.2, 0.25) is 0 Å². The predicted molar refractivity (Wildman–Crippen MR) is 83.5 cm³/mol. The van der Waals surface area contributed by atoms with Crippen molar-refractivity contribution in [2.24, 2.45) is 5.41 Å². The molecule has 4 heteroatoms. The van der Waals surface area contributed by atoms with Crippen molar-refractivity contribution in [1.82, 2.24) is 4.57 Å². The molecule has 1 aromatic carbocycles. The largest absolute Gasteiger partial charge is 0.391 e. The fourth-order valence-electron chi connectivity index (χ4n) is 3.72. The molecule has 0 aliphatic carbocycles. The summed E-state index contributed by atoms with van der Waals surface area (Å²) in [5, 5.41) is 10.7. The first kappa shape index (κ1) is 13.2. The number of aromatic nitrogens is 1. The molecule has 3 atom stereocenters. The van der Waals surface area contributed by atoms with E-state index in [-0.39, 0.29) is 11.0 Å². The third-order valence-electron chi connectivity index (χ3n) is 4.84. The van der Waals surface area contributed by atoms with Crippen LogP contribution in [0.15, 0.2) is 48.7 Å². The maximum atomic E-state index is 13.1. The molecule has 1 spiro atoms. The number of hydrogen-bond acceptors (Lipinski definition) is 3. The molecule has 1 saturated heterocycles. The second-order valence-corrected chi connectivity index (χ2v) is 6.98. The average Bonchev–Trinajstić information content (AvgIpc) is 3.11. The van der Waals surface area contributed by atoms with E-state index in [9.17, 15) is 9.90 Å². The van der Waals surface area contributed by atoms with Gasteiger partial charge in [-0.05, 0) is 24.1 Å². The number of aliphatic hydroxyl groups excluding tert-OH is 1. The topological polar surface area (TPSA) is 42.2 Å². The van der Waals surface area contributed by atoms with Crippen molar-refractivity contribution in [1.29, 1.82) is 0 Å². The number of thioether (sulfide) groups is 1. The number of carbonyl (C=O) groups is 1. The van der Waals surface area contributed by atoms with Crippen LogP contribution in [-0.2, 0) is 6.54 Å².